The SMILES string of the molecule is O=C1C(F)(C(F)(F)F)c2c(c3c(c4c2C(F)(C(F)(F)F)C(F)(C(F)(F)F)C4(F)C(F)(F)F)C(F)(C(F)(F)F)C(F)(C(F)(F)F)C3(F)C(F)(F)F)C1(F)C(F)(F)F. The molecule has 1 aromatic carbocycles. The summed E-state index contributed by atoms with van der Waals surface area (Å²) in [5.41, 5.74) is -110. The molecule has 56 heavy (non-hydrogen) atoms. The molecule has 3 aliphatic rings. The summed E-state index contributed by atoms with van der Waals surface area (Å²) in [6, 6.07) is 0. The summed E-state index contributed by atoms with van der Waals surface area (Å²) in [5, 5.41) is 0. The first-order valence-corrected chi connectivity index (χ1v) is 12.8. The van der Waals surface area contributed by atoms with E-state index in [9.17, 15) is 110 Å². The molecule has 0 saturated heterocycles. The van der Waals surface area contributed by atoms with Crippen molar-refractivity contribution < 1.29 is 145 Å². The molecular weight excluding hydrogens is 900 g/mol. The molecule has 322 valence electrons. The molecule has 0 amide bonds. The number of alkyl halides is 32. The zero-order chi connectivity index (χ0) is 45.0. The van der Waals surface area contributed by atoms with Crippen molar-refractivity contribution in [2.45, 2.75) is 94.8 Å². The monoisotopic (exact) mass is 900 g/mol. The highest BCUT2D eigenvalue weighted by Gasteiger charge is 3.04. The second-order valence-electron chi connectivity index (χ2n) is 11.8. The summed E-state index contributed by atoms with van der Waals surface area (Å²) in [6.45, 7) is 0. The first-order chi connectivity index (χ1) is 23.9. The molecule has 33 heteroatoms. The van der Waals surface area contributed by atoms with Crippen molar-refractivity contribution in [1.82, 2.24) is 0 Å². The Morgan fingerprint density at radius 3 is 0.536 bits per heavy atom. The van der Waals surface area contributed by atoms with Crippen LogP contribution in [0.5, 0.6) is 0 Å². The van der Waals surface area contributed by atoms with E-state index in [0.717, 1.165) is 0 Å². The Kier molecular flexibility index (Phi) is 8.31. The van der Waals surface area contributed by atoms with Crippen molar-refractivity contribution in [1.29, 1.82) is 0 Å². The molecule has 0 bridgehead atoms. The lowest BCUT2D eigenvalue weighted by Crippen LogP contribution is -2.70. The van der Waals surface area contributed by atoms with Gasteiger partial charge >= 0.3 is 49.4 Å². The second-order valence-corrected chi connectivity index (χ2v) is 11.8. The first kappa shape index (κ1) is 45.4. The smallest absolute Gasteiger partial charge is 0.291 e. The third-order valence-electron chi connectivity index (χ3n) is 9.22. The van der Waals surface area contributed by atoms with Crippen LogP contribution in [0.2, 0.25) is 0 Å². The van der Waals surface area contributed by atoms with Crippen molar-refractivity contribution in [3.05, 3.63) is 33.4 Å². The quantitative estimate of drug-likeness (QED) is 0.237. The molecule has 0 fully saturated rings. The number of halogens is 32. The van der Waals surface area contributed by atoms with Crippen LogP contribution in [0.15, 0.2) is 0 Å². The van der Waals surface area contributed by atoms with Crippen LogP contribution in [0.25, 0.3) is 0 Å². The molecule has 8 unspecified atom stereocenters. The van der Waals surface area contributed by atoms with Crippen molar-refractivity contribution in [3.63, 3.8) is 0 Å². The van der Waals surface area contributed by atoms with E-state index in [1.165, 1.54) is 0 Å². The van der Waals surface area contributed by atoms with Crippen molar-refractivity contribution >= 4 is 5.78 Å². The molecule has 0 heterocycles. The fraction of sp³-hybridized carbons (Fsp3) is 0.696. The third kappa shape index (κ3) is 4.00. The van der Waals surface area contributed by atoms with E-state index < -0.39 is 134 Å². The average Bonchev–Trinajstić information content (AvgIpc) is 3.33. The van der Waals surface area contributed by atoms with Crippen molar-refractivity contribution in [2.75, 3.05) is 0 Å². The van der Waals surface area contributed by atoms with Crippen LogP contribution in [-0.4, -0.2) is 66.5 Å². The average molecular weight is 900 g/mol. The van der Waals surface area contributed by atoms with E-state index in [4.69, 9.17) is 0 Å². The minimum atomic E-state index is -9.59. The summed E-state index contributed by atoms with van der Waals surface area (Å²) in [5.74, 6) is -5.84. The van der Waals surface area contributed by atoms with Crippen LogP contribution < -0.4 is 0 Å². The van der Waals surface area contributed by atoms with Crippen LogP contribution in [0.4, 0.5) is 140 Å². The lowest BCUT2D eigenvalue weighted by Gasteiger charge is -2.44. The number of carbonyl (C=O) groups excluding carboxylic acids is 1. The molecule has 0 saturated carbocycles. The Bertz CT molecular complexity index is 1750. The number of hydrogen-bond donors (Lipinski definition) is 0. The zero-order valence-corrected chi connectivity index (χ0v) is 24.0. The van der Waals surface area contributed by atoms with Gasteiger partial charge in [-0.05, 0) is 0 Å². The minimum Gasteiger partial charge on any atom is -0.291 e. The number of fused-ring (bicyclic) bond motifs is 6. The minimum absolute atomic E-state index is 5.84. The number of ketones is 1. The van der Waals surface area contributed by atoms with Gasteiger partial charge in [0.2, 0.25) is 5.78 Å². The molecule has 1 nitrogen and oxygen atoms in total. The maximum Gasteiger partial charge on any atom is 0.434 e. The molecular formula is C23F32O. The Hall–Kier alpha value is -3.35. The van der Waals surface area contributed by atoms with E-state index in [0.29, 0.717) is 0 Å². The van der Waals surface area contributed by atoms with Crippen LogP contribution in [0, 0.1) is 0 Å². The Morgan fingerprint density at radius 1 is 0.250 bits per heavy atom. The Morgan fingerprint density at radius 2 is 0.411 bits per heavy atom. The molecule has 3 aliphatic carbocycles. The van der Waals surface area contributed by atoms with Gasteiger partial charge in [0.1, 0.15) is 0 Å². The number of rotatable bonds is 0. The fourth-order valence-electron chi connectivity index (χ4n) is 7.12. The summed E-state index contributed by atoms with van der Waals surface area (Å²) in [6.07, 6.45) is -72.3. The van der Waals surface area contributed by atoms with Crippen LogP contribution in [0.3, 0.4) is 0 Å². The van der Waals surface area contributed by atoms with Gasteiger partial charge < -0.3 is 0 Å². The van der Waals surface area contributed by atoms with Gasteiger partial charge in [-0.2, -0.15) is 105 Å². The number of benzene rings is 1. The highest BCUT2D eigenvalue weighted by Crippen LogP contribution is 2.83. The molecule has 0 aromatic heterocycles. The predicted molar refractivity (Wildman–Crippen MR) is 104 cm³/mol. The molecule has 8 atom stereocenters. The van der Waals surface area contributed by atoms with Gasteiger partial charge in [0.05, 0.1) is 0 Å². The zero-order valence-electron chi connectivity index (χ0n) is 24.0. The first-order valence-electron chi connectivity index (χ1n) is 12.8. The normalized spacial score (nSPS) is 38.6. The van der Waals surface area contributed by atoms with Gasteiger partial charge in [-0.3, -0.25) is 4.79 Å². The largest absolute Gasteiger partial charge is 0.434 e. The predicted octanol–water partition coefficient (Wildman–Crippen LogP) is 11.2. The van der Waals surface area contributed by atoms with E-state index in [1.807, 2.05) is 0 Å². The summed E-state index contributed by atoms with van der Waals surface area (Å²) in [7, 11) is 0. The molecule has 1 aromatic rings. The Balaban J connectivity index is 2.90. The second kappa shape index (κ2) is 10.3. The molecule has 0 aliphatic heterocycles. The summed E-state index contributed by atoms with van der Waals surface area (Å²) >= 11 is 0. The van der Waals surface area contributed by atoms with Gasteiger partial charge in [-0.25, -0.2) is 35.1 Å². The topological polar surface area (TPSA) is 17.1 Å². The number of hydrogen-bond acceptors (Lipinski definition) is 1. The summed E-state index contributed by atoms with van der Waals surface area (Å²) in [4.78, 5) is 12.4. The lowest BCUT2D eigenvalue weighted by molar-refractivity contribution is -0.409. The van der Waals surface area contributed by atoms with E-state index >= 15 is 35.1 Å². The number of carbonyl (C=O) groups is 1. The van der Waals surface area contributed by atoms with Gasteiger partial charge in [0.15, 0.2) is 0 Å². The highest BCUT2D eigenvalue weighted by atomic mass is 19.5. The van der Waals surface area contributed by atoms with Crippen LogP contribution in [0.1, 0.15) is 33.4 Å². The maximum atomic E-state index is 16.3. The standard InChI is InChI=1S/C23F32O/c24-8(16(32,33)34)1-2(9(25,7(8)56)17(35,36)37)4-6(13(29,21(47,48)49)15(31,23(53,54)55)11(4,27)19(41,42)43)5-3(1)10(26,18(38,39)40)14(30,22(50,51)52)12(5,28)20(44,45)46. The van der Waals surface area contributed by atoms with Gasteiger partial charge in [0, 0.05) is 33.4 Å². The Labute approximate surface area is 280 Å². The summed E-state index contributed by atoms with van der Waals surface area (Å²) < 4.78 is 470. The molecule has 0 N–H and O–H groups in total. The molecule has 4 rings (SSSR count). The number of Topliss-reactive ketones (excluding diaryl/α,β-unsaturated/α-hetero) is 1. The van der Waals surface area contributed by atoms with Gasteiger partial charge in [-0.15, -0.1) is 0 Å². The van der Waals surface area contributed by atoms with Crippen LogP contribution in [-0.2, 0) is 38.8 Å². The molecule has 0 radical (unpaired) electrons. The van der Waals surface area contributed by atoms with Gasteiger partial charge in [-0.1, -0.05) is 0 Å². The van der Waals surface area contributed by atoms with E-state index in [2.05, 4.69) is 0 Å². The van der Waals surface area contributed by atoms with E-state index in [-0.39, 0.29) is 0 Å². The highest BCUT2D eigenvalue weighted by molar-refractivity contribution is 6.05. The fourth-order valence-corrected chi connectivity index (χ4v) is 7.12. The molecule has 0 spiro atoms. The van der Waals surface area contributed by atoms with Crippen molar-refractivity contribution in [2.24, 2.45) is 0 Å². The van der Waals surface area contributed by atoms with Crippen LogP contribution >= 0.6 is 0 Å². The maximum absolute atomic E-state index is 16.3. The van der Waals surface area contributed by atoms with Gasteiger partial charge in [0.25, 0.3) is 45.4 Å². The third-order valence-corrected chi connectivity index (χ3v) is 9.22. The van der Waals surface area contributed by atoms with Crippen molar-refractivity contribution in [3.8, 4) is 0 Å². The lowest BCUT2D eigenvalue weighted by atomic mass is 9.74. The van der Waals surface area contributed by atoms with E-state index in [1.54, 1.807) is 0 Å².